The van der Waals surface area contributed by atoms with Gasteiger partial charge in [-0.3, -0.25) is 9.59 Å². The molecule has 7 heteroatoms. The Morgan fingerprint density at radius 3 is 2.87 bits per heavy atom. The standard InChI is InChI=1S/C23H24N4O3/c1-14-4-5-17(10-15(14)2)27-12-23-8-6-18(30-23)19(20(23)22(27)29)21(28)26(3)11-16-7-9-24-13-25-16/h4-10,13,18-20H,11-12H2,1-3H3/t18-,19?,20?,23-/m0/s1. The van der Waals surface area contributed by atoms with Crippen LogP contribution in [0.1, 0.15) is 16.8 Å². The molecule has 2 bridgehead atoms. The molecule has 1 aromatic carbocycles. The van der Waals surface area contributed by atoms with Gasteiger partial charge in [0.2, 0.25) is 11.8 Å². The second-order valence-electron chi connectivity index (χ2n) is 8.49. The van der Waals surface area contributed by atoms with E-state index in [-0.39, 0.29) is 17.9 Å². The molecule has 154 valence electrons. The first-order valence-corrected chi connectivity index (χ1v) is 10.2. The predicted molar refractivity (Wildman–Crippen MR) is 110 cm³/mol. The van der Waals surface area contributed by atoms with Gasteiger partial charge < -0.3 is 14.5 Å². The first-order chi connectivity index (χ1) is 14.4. The van der Waals surface area contributed by atoms with E-state index in [0.29, 0.717) is 13.1 Å². The Morgan fingerprint density at radius 1 is 1.30 bits per heavy atom. The highest BCUT2D eigenvalue weighted by atomic mass is 16.5. The van der Waals surface area contributed by atoms with Crippen LogP contribution in [0.25, 0.3) is 0 Å². The van der Waals surface area contributed by atoms with Crippen molar-refractivity contribution in [2.45, 2.75) is 32.1 Å². The molecule has 5 rings (SSSR count). The molecule has 7 nitrogen and oxygen atoms in total. The van der Waals surface area contributed by atoms with Crippen molar-refractivity contribution in [1.82, 2.24) is 14.9 Å². The summed E-state index contributed by atoms with van der Waals surface area (Å²) in [5.74, 6) is -1.16. The number of hydrogen-bond donors (Lipinski definition) is 0. The zero-order valence-electron chi connectivity index (χ0n) is 17.3. The number of ether oxygens (including phenoxy) is 1. The molecule has 2 amide bonds. The number of hydrogen-bond acceptors (Lipinski definition) is 5. The third kappa shape index (κ3) is 2.76. The lowest BCUT2D eigenvalue weighted by molar-refractivity contribution is -0.139. The van der Waals surface area contributed by atoms with Gasteiger partial charge in [-0.1, -0.05) is 18.2 Å². The number of aromatic nitrogens is 2. The molecule has 4 atom stereocenters. The number of benzene rings is 1. The van der Waals surface area contributed by atoms with Gasteiger partial charge in [0.1, 0.15) is 11.9 Å². The molecule has 2 saturated heterocycles. The number of carbonyl (C=O) groups excluding carboxylic acids is 2. The summed E-state index contributed by atoms with van der Waals surface area (Å²) in [5, 5.41) is 0. The average Bonchev–Trinajstić information content (AvgIpc) is 3.38. The summed E-state index contributed by atoms with van der Waals surface area (Å²) < 4.78 is 6.25. The average molecular weight is 404 g/mol. The van der Waals surface area contributed by atoms with Crippen molar-refractivity contribution in [2.75, 3.05) is 18.5 Å². The van der Waals surface area contributed by atoms with E-state index in [1.807, 2.05) is 44.2 Å². The third-order valence-electron chi connectivity index (χ3n) is 6.61. The van der Waals surface area contributed by atoms with Gasteiger partial charge in [-0.25, -0.2) is 9.97 Å². The van der Waals surface area contributed by atoms with Gasteiger partial charge in [0.15, 0.2) is 0 Å². The largest absolute Gasteiger partial charge is 0.360 e. The van der Waals surface area contributed by atoms with E-state index in [9.17, 15) is 9.59 Å². The molecular weight excluding hydrogens is 380 g/mol. The molecule has 3 aliphatic heterocycles. The van der Waals surface area contributed by atoms with Crippen molar-refractivity contribution in [3.8, 4) is 0 Å². The quantitative estimate of drug-likeness (QED) is 0.729. The van der Waals surface area contributed by atoms with Gasteiger partial charge in [0, 0.05) is 18.9 Å². The highest BCUT2D eigenvalue weighted by Gasteiger charge is 2.67. The lowest BCUT2D eigenvalue weighted by Gasteiger charge is -2.27. The van der Waals surface area contributed by atoms with Crippen LogP contribution < -0.4 is 4.90 Å². The number of aryl methyl sites for hydroxylation is 2. The maximum absolute atomic E-state index is 13.5. The summed E-state index contributed by atoms with van der Waals surface area (Å²) >= 11 is 0. The smallest absolute Gasteiger partial charge is 0.234 e. The lowest BCUT2D eigenvalue weighted by Crippen LogP contribution is -2.44. The van der Waals surface area contributed by atoms with Gasteiger partial charge in [0.05, 0.1) is 36.7 Å². The van der Waals surface area contributed by atoms with E-state index in [0.717, 1.165) is 16.9 Å². The van der Waals surface area contributed by atoms with Crippen molar-refractivity contribution in [2.24, 2.45) is 11.8 Å². The number of amides is 2. The molecule has 0 N–H and O–H groups in total. The van der Waals surface area contributed by atoms with Crippen molar-refractivity contribution >= 4 is 17.5 Å². The summed E-state index contributed by atoms with van der Waals surface area (Å²) in [6.07, 6.45) is 6.68. The van der Waals surface area contributed by atoms with Crippen molar-refractivity contribution in [3.05, 3.63) is 65.8 Å². The minimum Gasteiger partial charge on any atom is -0.360 e. The molecule has 1 spiro atoms. The normalized spacial score (nSPS) is 28.8. The second kappa shape index (κ2) is 6.74. The van der Waals surface area contributed by atoms with Crippen LogP contribution in [0, 0.1) is 25.7 Å². The van der Waals surface area contributed by atoms with Gasteiger partial charge in [-0.15, -0.1) is 0 Å². The Morgan fingerprint density at radius 2 is 2.13 bits per heavy atom. The van der Waals surface area contributed by atoms with Crippen LogP contribution in [-0.2, 0) is 20.9 Å². The Labute approximate surface area is 175 Å². The first-order valence-electron chi connectivity index (χ1n) is 10.2. The topological polar surface area (TPSA) is 75.6 Å². The molecule has 2 unspecified atom stereocenters. The first kappa shape index (κ1) is 18.9. The fraction of sp³-hybridized carbons (Fsp3) is 0.391. The maximum Gasteiger partial charge on any atom is 0.234 e. The van der Waals surface area contributed by atoms with Crippen LogP contribution in [0.5, 0.6) is 0 Å². The zero-order valence-corrected chi connectivity index (χ0v) is 17.3. The SMILES string of the molecule is Cc1ccc(N2C[C@]34C=C[C@H](O3)C(C(=O)N(C)Cc3ccncn3)C4C2=O)cc1C. The predicted octanol–water partition coefficient (Wildman–Crippen LogP) is 2.04. The van der Waals surface area contributed by atoms with Gasteiger partial charge in [-0.2, -0.15) is 0 Å². The number of carbonyl (C=O) groups is 2. The van der Waals surface area contributed by atoms with Gasteiger partial charge >= 0.3 is 0 Å². The minimum absolute atomic E-state index is 0.0427. The van der Waals surface area contributed by atoms with E-state index >= 15 is 0 Å². The van der Waals surface area contributed by atoms with Crippen molar-refractivity contribution in [1.29, 1.82) is 0 Å². The highest BCUT2D eigenvalue weighted by molar-refractivity contribution is 6.03. The van der Waals surface area contributed by atoms with Crippen LogP contribution >= 0.6 is 0 Å². The van der Waals surface area contributed by atoms with Gasteiger partial charge in [0.25, 0.3) is 0 Å². The molecular formula is C23H24N4O3. The number of rotatable bonds is 4. The molecule has 0 radical (unpaired) electrons. The van der Waals surface area contributed by atoms with Crippen LogP contribution in [0.3, 0.4) is 0 Å². The Bertz CT molecular complexity index is 1050. The summed E-state index contributed by atoms with van der Waals surface area (Å²) in [4.78, 5) is 38.4. The Hall–Kier alpha value is -3.06. The molecule has 4 heterocycles. The summed E-state index contributed by atoms with van der Waals surface area (Å²) in [6, 6.07) is 7.80. The summed E-state index contributed by atoms with van der Waals surface area (Å²) in [7, 11) is 1.74. The molecule has 30 heavy (non-hydrogen) atoms. The maximum atomic E-state index is 13.5. The van der Waals surface area contributed by atoms with E-state index in [4.69, 9.17) is 4.74 Å². The van der Waals surface area contributed by atoms with Crippen molar-refractivity contribution < 1.29 is 14.3 Å². The van der Waals surface area contributed by atoms with Crippen LogP contribution in [-0.4, -0.2) is 52.0 Å². The number of nitrogens with zero attached hydrogens (tertiary/aromatic N) is 4. The van der Waals surface area contributed by atoms with E-state index < -0.39 is 17.4 Å². The second-order valence-corrected chi connectivity index (χ2v) is 8.49. The number of fused-ring (bicyclic) bond motifs is 1. The molecule has 0 aliphatic carbocycles. The third-order valence-corrected chi connectivity index (χ3v) is 6.61. The fourth-order valence-corrected chi connectivity index (χ4v) is 4.88. The Kier molecular flexibility index (Phi) is 4.25. The summed E-state index contributed by atoms with van der Waals surface area (Å²) in [6.45, 7) is 4.89. The Balaban J connectivity index is 1.42. The highest BCUT2D eigenvalue weighted by Crippen LogP contribution is 2.53. The molecule has 2 aromatic rings. The lowest BCUT2D eigenvalue weighted by atomic mass is 9.76. The van der Waals surface area contributed by atoms with E-state index in [1.165, 1.54) is 11.9 Å². The van der Waals surface area contributed by atoms with Crippen LogP contribution in [0.2, 0.25) is 0 Å². The van der Waals surface area contributed by atoms with Crippen molar-refractivity contribution in [3.63, 3.8) is 0 Å². The molecule has 2 fully saturated rings. The van der Waals surface area contributed by atoms with Gasteiger partial charge in [-0.05, 0) is 43.2 Å². The monoisotopic (exact) mass is 404 g/mol. The fourth-order valence-electron chi connectivity index (χ4n) is 4.88. The molecule has 1 aromatic heterocycles. The minimum atomic E-state index is -0.726. The number of anilines is 1. The molecule has 3 aliphatic rings. The van der Waals surface area contributed by atoms with Crippen LogP contribution in [0.15, 0.2) is 48.9 Å². The van der Waals surface area contributed by atoms with E-state index in [2.05, 4.69) is 9.97 Å². The summed E-state index contributed by atoms with van der Waals surface area (Å²) in [5.41, 5.74) is 3.20. The van der Waals surface area contributed by atoms with E-state index in [1.54, 1.807) is 29.1 Å². The molecule has 0 saturated carbocycles. The van der Waals surface area contributed by atoms with Crippen LogP contribution in [0.4, 0.5) is 5.69 Å². The zero-order chi connectivity index (χ0) is 21.0.